The molecule has 0 amide bonds. The van der Waals surface area contributed by atoms with Crippen molar-refractivity contribution < 1.29 is 49.6 Å². The minimum absolute atomic E-state index is 0.0107. The number of fused-ring (bicyclic) bond motifs is 1. The average Bonchev–Trinajstić information content (AvgIpc) is 2.72. The van der Waals surface area contributed by atoms with Gasteiger partial charge in [0.05, 0.1) is 6.61 Å². The Bertz CT molecular complexity index is 1200. The third-order valence-electron chi connectivity index (χ3n) is 4.88. The van der Waals surface area contributed by atoms with Gasteiger partial charge in [-0.05, 0) is 18.2 Å². The number of benzene rings is 2. The molecule has 11 heteroatoms. The van der Waals surface area contributed by atoms with Crippen molar-refractivity contribution in [3.8, 4) is 40.1 Å². The van der Waals surface area contributed by atoms with E-state index in [2.05, 4.69) is 0 Å². The normalized spacial score (nSPS) is 23.7. The van der Waals surface area contributed by atoms with Crippen LogP contribution in [0.15, 0.2) is 39.5 Å². The summed E-state index contributed by atoms with van der Waals surface area (Å²) in [4.78, 5) is 12.6. The van der Waals surface area contributed by atoms with Gasteiger partial charge in [0.1, 0.15) is 35.0 Å². The summed E-state index contributed by atoms with van der Waals surface area (Å²) in [7, 11) is 0. The van der Waals surface area contributed by atoms with Crippen LogP contribution < -0.4 is 10.2 Å². The van der Waals surface area contributed by atoms with Gasteiger partial charge in [-0.15, -0.1) is 0 Å². The summed E-state index contributed by atoms with van der Waals surface area (Å²) < 4.78 is 15.9. The smallest absolute Gasteiger partial charge is 0.229 e. The van der Waals surface area contributed by atoms with Crippen LogP contribution in [0.1, 0.15) is 0 Å². The van der Waals surface area contributed by atoms with E-state index in [9.17, 15) is 40.5 Å². The zero-order chi connectivity index (χ0) is 22.4. The molecule has 2 aromatic carbocycles. The second kappa shape index (κ2) is 7.63. The highest BCUT2D eigenvalue weighted by atomic mass is 16.7. The predicted molar refractivity (Wildman–Crippen MR) is 103 cm³/mol. The van der Waals surface area contributed by atoms with Gasteiger partial charge in [0.25, 0.3) is 0 Å². The average molecular weight is 434 g/mol. The molecule has 4 rings (SSSR count). The first kappa shape index (κ1) is 20.8. The van der Waals surface area contributed by atoms with Crippen molar-refractivity contribution in [3.05, 3.63) is 40.6 Å². The molecule has 7 N–H and O–H groups in total. The lowest BCUT2D eigenvalue weighted by Gasteiger charge is -2.35. The summed E-state index contributed by atoms with van der Waals surface area (Å²) in [5, 5.41) is 68.8. The van der Waals surface area contributed by atoms with Gasteiger partial charge in [0.2, 0.25) is 12.0 Å². The Kier molecular flexibility index (Phi) is 5.11. The van der Waals surface area contributed by atoms with E-state index in [-0.39, 0.29) is 34.6 Å². The first-order chi connectivity index (χ1) is 14.7. The van der Waals surface area contributed by atoms with Crippen molar-refractivity contribution in [1.29, 1.82) is 0 Å². The Morgan fingerprint density at radius 3 is 2.35 bits per heavy atom. The molecule has 11 nitrogen and oxygen atoms in total. The number of hydrogen-bond acceptors (Lipinski definition) is 11. The second-order valence-corrected chi connectivity index (χ2v) is 6.99. The molecule has 0 bridgehead atoms. The predicted octanol–water partition coefficient (Wildman–Crippen LogP) is 0.100. The minimum Gasteiger partial charge on any atom is -0.504 e. The molecule has 164 valence electrons. The van der Waals surface area contributed by atoms with Crippen molar-refractivity contribution in [3.63, 3.8) is 0 Å². The standard InChI is InChI=1S/C20H18O11/c21-8-2-1-7(3-9(8)22)13-4-10(23)15-14(30-13)5-11(24)19(17(15)27)31-20-18(28)16(26)12(25)6-29-20/h1-5,12,16,18,20-22,24-28H,6H2/t12-,16+,18+,20-/m1/s1. The molecule has 1 aromatic heterocycles. The fourth-order valence-electron chi connectivity index (χ4n) is 3.21. The lowest BCUT2D eigenvalue weighted by molar-refractivity contribution is -0.242. The molecule has 0 aliphatic carbocycles. The van der Waals surface area contributed by atoms with Crippen molar-refractivity contribution in [2.75, 3.05) is 6.61 Å². The number of aliphatic hydroxyl groups excluding tert-OH is 3. The molecule has 1 fully saturated rings. The van der Waals surface area contributed by atoms with Crippen LogP contribution in [0.4, 0.5) is 0 Å². The quantitative estimate of drug-likeness (QED) is 0.277. The maximum Gasteiger partial charge on any atom is 0.229 e. The van der Waals surface area contributed by atoms with Crippen molar-refractivity contribution >= 4 is 11.0 Å². The highest BCUT2D eigenvalue weighted by molar-refractivity contribution is 5.89. The summed E-state index contributed by atoms with van der Waals surface area (Å²) in [5.74, 6) is -2.86. The van der Waals surface area contributed by atoms with E-state index in [1.54, 1.807) is 0 Å². The minimum atomic E-state index is -1.70. The Balaban J connectivity index is 1.76. The monoisotopic (exact) mass is 434 g/mol. The molecule has 4 atom stereocenters. The third kappa shape index (κ3) is 3.59. The van der Waals surface area contributed by atoms with Crippen molar-refractivity contribution in [2.24, 2.45) is 0 Å². The van der Waals surface area contributed by atoms with Crippen LogP contribution >= 0.6 is 0 Å². The molecule has 1 saturated heterocycles. The second-order valence-electron chi connectivity index (χ2n) is 6.99. The van der Waals surface area contributed by atoms with Crippen LogP contribution in [0.3, 0.4) is 0 Å². The maximum absolute atomic E-state index is 12.6. The molecule has 0 unspecified atom stereocenters. The number of aromatic hydroxyl groups is 4. The van der Waals surface area contributed by atoms with Gasteiger partial charge in [0, 0.05) is 17.7 Å². The molecule has 0 saturated carbocycles. The Hall–Kier alpha value is -3.51. The van der Waals surface area contributed by atoms with E-state index >= 15 is 0 Å². The van der Waals surface area contributed by atoms with Crippen LogP contribution in [0, 0.1) is 0 Å². The van der Waals surface area contributed by atoms with Gasteiger partial charge in [-0.2, -0.15) is 0 Å². The zero-order valence-corrected chi connectivity index (χ0v) is 15.7. The first-order valence-corrected chi connectivity index (χ1v) is 9.05. The molecule has 3 aromatic rings. The van der Waals surface area contributed by atoms with Crippen molar-refractivity contribution in [2.45, 2.75) is 24.6 Å². The van der Waals surface area contributed by atoms with E-state index in [1.807, 2.05) is 0 Å². The van der Waals surface area contributed by atoms with Gasteiger partial charge in [-0.3, -0.25) is 4.79 Å². The topological polar surface area (TPSA) is 190 Å². The summed E-state index contributed by atoms with van der Waals surface area (Å²) >= 11 is 0. The number of rotatable bonds is 3. The molecule has 1 aliphatic heterocycles. The lowest BCUT2D eigenvalue weighted by Crippen LogP contribution is -2.54. The van der Waals surface area contributed by atoms with Gasteiger partial charge in [-0.1, -0.05) is 0 Å². The van der Waals surface area contributed by atoms with Crippen LogP contribution in [0.25, 0.3) is 22.3 Å². The number of hydrogen-bond donors (Lipinski definition) is 7. The van der Waals surface area contributed by atoms with Gasteiger partial charge in [0.15, 0.2) is 28.4 Å². The fraction of sp³-hybridized carbons (Fsp3) is 0.250. The molecule has 2 heterocycles. The SMILES string of the molecule is O=c1cc(-c2ccc(O)c(O)c2)oc2cc(O)c(O[C@H]3OC[C@@H](O)[C@H](O)[C@@H]3O)c(O)c12. The van der Waals surface area contributed by atoms with Gasteiger partial charge < -0.3 is 49.6 Å². The molecule has 0 spiro atoms. The van der Waals surface area contributed by atoms with Crippen LogP contribution in [-0.2, 0) is 4.74 Å². The fourth-order valence-corrected chi connectivity index (χ4v) is 3.21. The highest BCUT2D eigenvalue weighted by Crippen LogP contribution is 2.43. The third-order valence-corrected chi connectivity index (χ3v) is 4.88. The van der Waals surface area contributed by atoms with Crippen LogP contribution in [-0.4, -0.2) is 67.0 Å². The zero-order valence-electron chi connectivity index (χ0n) is 15.7. The molecular formula is C20H18O11. The van der Waals surface area contributed by atoms with E-state index in [0.29, 0.717) is 0 Å². The number of ether oxygens (including phenoxy) is 2. The first-order valence-electron chi connectivity index (χ1n) is 9.05. The van der Waals surface area contributed by atoms with Crippen LogP contribution in [0.5, 0.6) is 28.7 Å². The Morgan fingerprint density at radius 1 is 0.903 bits per heavy atom. The Morgan fingerprint density at radius 2 is 1.65 bits per heavy atom. The Labute approximate surface area is 173 Å². The van der Waals surface area contributed by atoms with Crippen molar-refractivity contribution in [1.82, 2.24) is 0 Å². The molecule has 1 aliphatic rings. The van der Waals surface area contributed by atoms with E-state index < -0.39 is 53.0 Å². The lowest BCUT2D eigenvalue weighted by atomic mass is 10.1. The highest BCUT2D eigenvalue weighted by Gasteiger charge is 2.40. The van der Waals surface area contributed by atoms with Crippen LogP contribution in [0.2, 0.25) is 0 Å². The molecule has 31 heavy (non-hydrogen) atoms. The summed E-state index contributed by atoms with van der Waals surface area (Å²) in [5.41, 5.74) is -0.676. The van der Waals surface area contributed by atoms with E-state index in [4.69, 9.17) is 13.9 Å². The summed E-state index contributed by atoms with van der Waals surface area (Å²) in [6.07, 6.45) is -6.17. The van der Waals surface area contributed by atoms with E-state index in [1.165, 1.54) is 12.1 Å². The maximum atomic E-state index is 12.6. The largest absolute Gasteiger partial charge is 0.504 e. The van der Waals surface area contributed by atoms with Gasteiger partial charge in [-0.25, -0.2) is 0 Å². The summed E-state index contributed by atoms with van der Waals surface area (Å²) in [6, 6.07) is 5.77. The number of aliphatic hydroxyl groups is 3. The molecular weight excluding hydrogens is 416 g/mol. The van der Waals surface area contributed by atoms with Gasteiger partial charge >= 0.3 is 0 Å². The number of phenols is 4. The number of phenolic OH excluding ortho intramolecular Hbond substituents is 4. The van der Waals surface area contributed by atoms with E-state index in [0.717, 1.165) is 18.2 Å². The summed E-state index contributed by atoms with van der Waals surface area (Å²) in [6.45, 7) is -0.372. The molecule has 0 radical (unpaired) electrons.